The third-order valence-electron chi connectivity index (χ3n) is 2.62. The number of phenolic OH excluding ortho intramolecular Hbond substituents is 1. The molecule has 0 saturated heterocycles. The molecule has 1 aromatic rings. The Morgan fingerprint density at radius 1 is 1.31 bits per heavy atom. The minimum atomic E-state index is 0.347. The topological polar surface area (TPSA) is 35.5 Å². The van der Waals surface area contributed by atoms with Crippen molar-refractivity contribution in [1.29, 1.82) is 0 Å². The van der Waals surface area contributed by atoms with E-state index in [4.69, 9.17) is 0 Å². The number of aromatic hydroxyl groups is 1. The number of phenols is 1. The van der Waals surface area contributed by atoms with Gasteiger partial charge in [-0.25, -0.2) is 0 Å². The van der Waals surface area contributed by atoms with E-state index in [1.54, 1.807) is 6.07 Å². The molecule has 0 aliphatic carbocycles. The zero-order valence-electron chi connectivity index (χ0n) is 10.2. The molecule has 0 aliphatic rings. The summed E-state index contributed by atoms with van der Waals surface area (Å²) >= 11 is 0. The third-order valence-corrected chi connectivity index (χ3v) is 2.62. The summed E-state index contributed by atoms with van der Waals surface area (Å²) in [6.07, 6.45) is 0. The number of benzene rings is 1. The summed E-state index contributed by atoms with van der Waals surface area (Å²) in [4.78, 5) is 2.36. The minimum Gasteiger partial charge on any atom is -0.508 e. The van der Waals surface area contributed by atoms with Gasteiger partial charge >= 0.3 is 0 Å². The Morgan fingerprint density at radius 3 is 2.75 bits per heavy atom. The van der Waals surface area contributed by atoms with Crippen LogP contribution in [0.2, 0.25) is 0 Å². The van der Waals surface area contributed by atoms with Gasteiger partial charge in [-0.05, 0) is 30.8 Å². The SMILES string of the molecule is CCNCCN(CC)Cc1cccc(O)c1. The molecule has 0 saturated carbocycles. The maximum atomic E-state index is 9.38. The van der Waals surface area contributed by atoms with Crippen LogP contribution < -0.4 is 5.32 Å². The zero-order chi connectivity index (χ0) is 11.8. The van der Waals surface area contributed by atoms with Crippen molar-refractivity contribution in [3.05, 3.63) is 29.8 Å². The molecule has 0 radical (unpaired) electrons. The van der Waals surface area contributed by atoms with Gasteiger partial charge in [0.05, 0.1) is 0 Å². The molecule has 0 atom stereocenters. The predicted molar refractivity (Wildman–Crippen MR) is 67.6 cm³/mol. The average Bonchev–Trinajstić information content (AvgIpc) is 2.28. The molecule has 2 N–H and O–H groups in total. The Labute approximate surface area is 98.1 Å². The molecule has 3 heteroatoms. The van der Waals surface area contributed by atoms with Gasteiger partial charge in [0.1, 0.15) is 5.75 Å². The molecule has 0 aromatic heterocycles. The molecule has 0 unspecified atom stereocenters. The lowest BCUT2D eigenvalue weighted by molar-refractivity contribution is 0.279. The highest BCUT2D eigenvalue weighted by Gasteiger charge is 2.03. The van der Waals surface area contributed by atoms with Gasteiger partial charge in [-0.1, -0.05) is 26.0 Å². The van der Waals surface area contributed by atoms with Crippen molar-refractivity contribution in [3.8, 4) is 5.75 Å². The van der Waals surface area contributed by atoms with E-state index in [0.717, 1.165) is 32.7 Å². The molecule has 3 nitrogen and oxygen atoms in total. The monoisotopic (exact) mass is 222 g/mol. The second kappa shape index (κ2) is 7.25. The predicted octanol–water partition coefficient (Wildman–Crippen LogP) is 1.82. The number of likely N-dealkylation sites (N-methyl/N-ethyl adjacent to an activating group) is 2. The van der Waals surface area contributed by atoms with E-state index in [1.165, 1.54) is 5.56 Å². The molecular weight excluding hydrogens is 200 g/mol. The zero-order valence-corrected chi connectivity index (χ0v) is 10.2. The summed E-state index contributed by atoms with van der Waals surface area (Å²) in [5.41, 5.74) is 1.17. The number of hydrogen-bond acceptors (Lipinski definition) is 3. The summed E-state index contributed by atoms with van der Waals surface area (Å²) < 4.78 is 0. The molecule has 0 heterocycles. The van der Waals surface area contributed by atoms with E-state index in [0.29, 0.717) is 5.75 Å². The molecular formula is C13H22N2O. The molecule has 1 rings (SSSR count). The summed E-state index contributed by atoms with van der Waals surface area (Å²) in [5.74, 6) is 0.347. The summed E-state index contributed by atoms with van der Waals surface area (Å²) in [5, 5.41) is 12.7. The van der Waals surface area contributed by atoms with Gasteiger partial charge in [0.15, 0.2) is 0 Å². The summed E-state index contributed by atoms with van der Waals surface area (Å²) in [7, 11) is 0. The van der Waals surface area contributed by atoms with Crippen LogP contribution in [-0.2, 0) is 6.54 Å². The van der Waals surface area contributed by atoms with E-state index in [-0.39, 0.29) is 0 Å². The molecule has 0 spiro atoms. The smallest absolute Gasteiger partial charge is 0.115 e. The van der Waals surface area contributed by atoms with Gasteiger partial charge in [-0.2, -0.15) is 0 Å². The highest BCUT2D eigenvalue weighted by atomic mass is 16.3. The van der Waals surface area contributed by atoms with E-state index in [1.807, 2.05) is 12.1 Å². The fraction of sp³-hybridized carbons (Fsp3) is 0.538. The molecule has 0 amide bonds. The quantitative estimate of drug-likeness (QED) is 0.691. The van der Waals surface area contributed by atoms with E-state index in [9.17, 15) is 5.11 Å². The van der Waals surface area contributed by atoms with Crippen molar-refractivity contribution in [2.75, 3.05) is 26.2 Å². The molecule has 1 aromatic carbocycles. The first-order valence-electron chi connectivity index (χ1n) is 5.97. The van der Waals surface area contributed by atoms with Crippen molar-refractivity contribution < 1.29 is 5.11 Å². The first kappa shape index (κ1) is 13.0. The van der Waals surface area contributed by atoms with Crippen molar-refractivity contribution in [1.82, 2.24) is 10.2 Å². The first-order chi connectivity index (χ1) is 7.76. The van der Waals surface area contributed by atoms with Crippen LogP contribution in [0, 0.1) is 0 Å². The van der Waals surface area contributed by atoms with Crippen molar-refractivity contribution in [2.24, 2.45) is 0 Å². The van der Waals surface area contributed by atoms with Crippen LogP contribution in [0.15, 0.2) is 24.3 Å². The largest absolute Gasteiger partial charge is 0.508 e. The molecule has 0 fully saturated rings. The fourth-order valence-corrected chi connectivity index (χ4v) is 1.68. The van der Waals surface area contributed by atoms with Gasteiger partial charge in [0.2, 0.25) is 0 Å². The van der Waals surface area contributed by atoms with Crippen LogP contribution in [0.1, 0.15) is 19.4 Å². The standard InChI is InChI=1S/C13H22N2O/c1-3-14-8-9-15(4-2)11-12-6-5-7-13(16)10-12/h5-7,10,14,16H,3-4,8-9,11H2,1-2H3. The van der Waals surface area contributed by atoms with Gasteiger partial charge < -0.3 is 10.4 Å². The Kier molecular flexibility index (Phi) is 5.90. The number of nitrogens with one attached hydrogen (secondary N) is 1. The molecule has 0 aliphatic heterocycles. The molecule has 90 valence electrons. The Bertz CT molecular complexity index is 302. The summed E-state index contributed by atoms with van der Waals surface area (Å²) in [6, 6.07) is 7.48. The van der Waals surface area contributed by atoms with Crippen molar-refractivity contribution in [2.45, 2.75) is 20.4 Å². The van der Waals surface area contributed by atoms with Crippen LogP contribution in [0.25, 0.3) is 0 Å². The van der Waals surface area contributed by atoms with E-state index >= 15 is 0 Å². The Balaban J connectivity index is 2.43. The lowest BCUT2D eigenvalue weighted by atomic mass is 10.2. The normalized spacial score (nSPS) is 10.9. The van der Waals surface area contributed by atoms with E-state index in [2.05, 4.69) is 30.1 Å². The highest BCUT2D eigenvalue weighted by molar-refractivity contribution is 5.26. The van der Waals surface area contributed by atoms with Crippen molar-refractivity contribution in [3.63, 3.8) is 0 Å². The van der Waals surface area contributed by atoms with E-state index < -0.39 is 0 Å². The third kappa shape index (κ3) is 4.64. The molecule has 0 bridgehead atoms. The number of hydrogen-bond donors (Lipinski definition) is 2. The van der Waals surface area contributed by atoms with Crippen LogP contribution in [0.3, 0.4) is 0 Å². The van der Waals surface area contributed by atoms with Crippen LogP contribution in [0.4, 0.5) is 0 Å². The van der Waals surface area contributed by atoms with Crippen molar-refractivity contribution >= 4 is 0 Å². The van der Waals surface area contributed by atoms with Gasteiger partial charge in [0.25, 0.3) is 0 Å². The molecule has 16 heavy (non-hydrogen) atoms. The van der Waals surface area contributed by atoms with Crippen LogP contribution >= 0.6 is 0 Å². The Morgan fingerprint density at radius 2 is 2.12 bits per heavy atom. The number of rotatable bonds is 7. The average molecular weight is 222 g/mol. The first-order valence-corrected chi connectivity index (χ1v) is 5.97. The fourth-order valence-electron chi connectivity index (χ4n) is 1.68. The van der Waals surface area contributed by atoms with Crippen LogP contribution in [-0.4, -0.2) is 36.2 Å². The summed E-state index contributed by atoms with van der Waals surface area (Å²) in [6.45, 7) is 9.28. The second-order valence-electron chi connectivity index (χ2n) is 3.89. The van der Waals surface area contributed by atoms with Gasteiger partial charge in [0, 0.05) is 19.6 Å². The lowest BCUT2D eigenvalue weighted by Gasteiger charge is -2.20. The lowest BCUT2D eigenvalue weighted by Crippen LogP contribution is -2.31. The maximum absolute atomic E-state index is 9.38. The minimum absolute atomic E-state index is 0.347. The van der Waals surface area contributed by atoms with Gasteiger partial charge in [-0.15, -0.1) is 0 Å². The number of nitrogens with zero attached hydrogens (tertiary/aromatic N) is 1. The van der Waals surface area contributed by atoms with Gasteiger partial charge in [-0.3, -0.25) is 4.90 Å². The van der Waals surface area contributed by atoms with Crippen LogP contribution in [0.5, 0.6) is 5.75 Å². The Hall–Kier alpha value is -1.06. The maximum Gasteiger partial charge on any atom is 0.115 e. The second-order valence-corrected chi connectivity index (χ2v) is 3.89. The highest BCUT2D eigenvalue weighted by Crippen LogP contribution is 2.12.